The molecule has 2 nitrogen and oxygen atoms in total. The van der Waals surface area contributed by atoms with E-state index in [1.807, 2.05) is 13.8 Å². The number of hydrogen-bond donors (Lipinski definition) is 0. The molecule has 0 aromatic heterocycles. The minimum atomic E-state index is 0.0813. The van der Waals surface area contributed by atoms with E-state index in [1.165, 1.54) is 63.1 Å². The number of rotatable bonds is 13. The summed E-state index contributed by atoms with van der Waals surface area (Å²) in [5.41, 5.74) is 0.0813. The fourth-order valence-electron chi connectivity index (χ4n) is 2.22. The molecular weight excluding hydrogens is 300 g/mol. The summed E-state index contributed by atoms with van der Waals surface area (Å²) in [5, 5.41) is 0. The first-order chi connectivity index (χ1) is 10.1. The third kappa shape index (κ3) is 14.9. The van der Waals surface area contributed by atoms with Crippen molar-refractivity contribution in [2.75, 3.05) is 6.61 Å². The molecule has 0 aromatic rings. The molecule has 0 saturated heterocycles. The first-order valence-corrected chi connectivity index (χ1v) is 9.87. The molecule has 0 aromatic carbocycles. The summed E-state index contributed by atoms with van der Waals surface area (Å²) in [6.07, 6.45) is 12.1. The summed E-state index contributed by atoms with van der Waals surface area (Å²) in [6, 6.07) is 0. The van der Waals surface area contributed by atoms with Crippen molar-refractivity contribution < 1.29 is 9.47 Å². The second kappa shape index (κ2) is 15.1. The maximum atomic E-state index is 5.74. The first-order valence-electron chi connectivity index (χ1n) is 8.59. The number of unbranched alkanes of at least 4 members (excludes halogenated alkanes) is 7. The highest BCUT2D eigenvalue weighted by Gasteiger charge is 2.11. The van der Waals surface area contributed by atoms with E-state index in [0.29, 0.717) is 11.0 Å². The first kappa shape index (κ1) is 21.2. The van der Waals surface area contributed by atoms with Crippen molar-refractivity contribution in [3.63, 3.8) is 0 Å². The van der Waals surface area contributed by atoms with Gasteiger partial charge < -0.3 is 9.47 Å². The second-order valence-electron chi connectivity index (χ2n) is 5.58. The Kier molecular flexibility index (Phi) is 15.3. The molecule has 0 saturated carbocycles. The van der Waals surface area contributed by atoms with Crippen molar-refractivity contribution in [2.45, 2.75) is 97.0 Å². The van der Waals surface area contributed by atoms with Crippen LogP contribution in [0.25, 0.3) is 0 Å². The third-order valence-corrected chi connectivity index (χ3v) is 4.57. The number of thioether (sulfide) groups is 1. The Morgan fingerprint density at radius 3 is 2.10 bits per heavy atom. The van der Waals surface area contributed by atoms with Crippen molar-refractivity contribution in [3.8, 4) is 0 Å². The molecule has 126 valence electrons. The van der Waals surface area contributed by atoms with Crippen LogP contribution in [0.4, 0.5) is 0 Å². The van der Waals surface area contributed by atoms with Crippen molar-refractivity contribution in [3.05, 3.63) is 0 Å². The Balaban J connectivity index is 3.44. The second-order valence-corrected chi connectivity index (χ2v) is 7.48. The van der Waals surface area contributed by atoms with E-state index >= 15 is 0 Å². The Morgan fingerprint density at radius 2 is 1.52 bits per heavy atom. The lowest BCUT2D eigenvalue weighted by Crippen LogP contribution is -2.14. The van der Waals surface area contributed by atoms with Gasteiger partial charge in [0.2, 0.25) is 4.38 Å². The highest BCUT2D eigenvalue weighted by Crippen LogP contribution is 2.18. The summed E-state index contributed by atoms with van der Waals surface area (Å²) in [6.45, 7) is 9.09. The molecule has 0 heterocycles. The number of hydrogen-bond acceptors (Lipinski definition) is 4. The van der Waals surface area contributed by atoms with Crippen molar-refractivity contribution in [2.24, 2.45) is 0 Å². The van der Waals surface area contributed by atoms with Gasteiger partial charge in [0.15, 0.2) is 0 Å². The van der Waals surface area contributed by atoms with E-state index in [9.17, 15) is 0 Å². The predicted molar refractivity (Wildman–Crippen MR) is 99.1 cm³/mol. The van der Waals surface area contributed by atoms with Gasteiger partial charge in [-0.25, -0.2) is 0 Å². The largest absolute Gasteiger partial charge is 0.476 e. The maximum Gasteiger partial charge on any atom is 0.222 e. The summed E-state index contributed by atoms with van der Waals surface area (Å²) < 4.78 is 11.8. The molecule has 0 N–H and O–H groups in total. The van der Waals surface area contributed by atoms with Crippen LogP contribution in [0, 0.1) is 0 Å². The van der Waals surface area contributed by atoms with Gasteiger partial charge in [0.05, 0.1) is 6.10 Å². The van der Waals surface area contributed by atoms with Crippen molar-refractivity contribution in [1.82, 2.24) is 0 Å². The van der Waals surface area contributed by atoms with Crippen molar-refractivity contribution >= 4 is 28.4 Å². The van der Waals surface area contributed by atoms with Gasteiger partial charge in [-0.3, -0.25) is 0 Å². The average molecular weight is 335 g/mol. The average Bonchev–Trinajstić information content (AvgIpc) is 2.41. The third-order valence-electron chi connectivity index (χ3n) is 3.43. The molecule has 0 radical (unpaired) electrons. The zero-order chi connectivity index (χ0) is 15.9. The van der Waals surface area contributed by atoms with Crippen molar-refractivity contribution in [1.29, 1.82) is 0 Å². The Bertz CT molecular complexity index is 247. The van der Waals surface area contributed by atoms with Crippen LogP contribution in [0.1, 0.15) is 85.5 Å². The maximum absolute atomic E-state index is 5.74. The zero-order valence-corrected chi connectivity index (χ0v) is 16.0. The molecule has 0 aliphatic heterocycles. The minimum Gasteiger partial charge on any atom is -0.476 e. The van der Waals surface area contributed by atoms with Gasteiger partial charge in [-0.2, -0.15) is 0 Å². The van der Waals surface area contributed by atoms with Gasteiger partial charge in [-0.05, 0) is 57.6 Å². The molecule has 0 aliphatic carbocycles. The lowest BCUT2D eigenvalue weighted by molar-refractivity contribution is 0.137. The van der Waals surface area contributed by atoms with Crippen LogP contribution in [0.3, 0.4) is 0 Å². The highest BCUT2D eigenvalue weighted by molar-refractivity contribution is 8.22. The van der Waals surface area contributed by atoms with Gasteiger partial charge in [-0.1, -0.05) is 51.9 Å². The summed E-state index contributed by atoms with van der Waals surface area (Å²) in [5.74, 6) is 0. The van der Waals surface area contributed by atoms with E-state index in [0.717, 1.165) is 6.42 Å². The van der Waals surface area contributed by atoms with Gasteiger partial charge in [-0.15, -0.1) is 0 Å². The minimum absolute atomic E-state index is 0.0813. The van der Waals surface area contributed by atoms with E-state index in [4.69, 9.17) is 21.7 Å². The molecular formula is C17H34O2S2. The van der Waals surface area contributed by atoms with Gasteiger partial charge in [0.25, 0.3) is 0 Å². The predicted octanol–water partition coefficient (Wildman–Crippen LogP) is 6.32. The summed E-state index contributed by atoms with van der Waals surface area (Å²) in [7, 11) is 0. The molecule has 2 atom stereocenters. The van der Waals surface area contributed by atoms with E-state index < -0.39 is 0 Å². The topological polar surface area (TPSA) is 18.5 Å². The Hall–Kier alpha value is 0.200. The standard InChI is InChI=1S/C17H34O2S2/c1-5-7-8-9-10-11-12-13-14-15(3)19-17(20)21-16(4)18-6-2/h15-16H,5-14H2,1-4H3. The van der Waals surface area contributed by atoms with E-state index in [1.54, 1.807) is 0 Å². The van der Waals surface area contributed by atoms with E-state index in [-0.39, 0.29) is 11.5 Å². The van der Waals surface area contributed by atoms with Crippen LogP contribution in [0.5, 0.6) is 0 Å². The number of ether oxygens (including phenoxy) is 2. The van der Waals surface area contributed by atoms with Crippen LogP contribution in [0.15, 0.2) is 0 Å². The molecule has 4 heteroatoms. The molecule has 0 bridgehead atoms. The normalized spacial score (nSPS) is 13.9. The molecule has 21 heavy (non-hydrogen) atoms. The van der Waals surface area contributed by atoms with Gasteiger partial charge in [0, 0.05) is 6.61 Å². The van der Waals surface area contributed by atoms with Crippen LogP contribution in [-0.4, -0.2) is 22.5 Å². The van der Waals surface area contributed by atoms with Crippen LogP contribution < -0.4 is 0 Å². The smallest absolute Gasteiger partial charge is 0.222 e. The fourth-order valence-corrected chi connectivity index (χ4v) is 3.49. The molecule has 2 unspecified atom stereocenters. The Morgan fingerprint density at radius 1 is 0.952 bits per heavy atom. The molecule has 0 amide bonds. The summed E-state index contributed by atoms with van der Waals surface area (Å²) >= 11 is 6.74. The van der Waals surface area contributed by atoms with Gasteiger partial charge in [0.1, 0.15) is 5.44 Å². The monoisotopic (exact) mass is 334 g/mol. The Labute approximate surface area is 141 Å². The molecule has 0 spiro atoms. The highest BCUT2D eigenvalue weighted by atomic mass is 32.2. The van der Waals surface area contributed by atoms with Gasteiger partial charge >= 0.3 is 0 Å². The van der Waals surface area contributed by atoms with Crippen LogP contribution >= 0.6 is 24.0 Å². The lowest BCUT2D eigenvalue weighted by Gasteiger charge is -2.17. The van der Waals surface area contributed by atoms with Crippen LogP contribution in [0.2, 0.25) is 0 Å². The van der Waals surface area contributed by atoms with E-state index in [2.05, 4.69) is 13.8 Å². The zero-order valence-electron chi connectivity index (χ0n) is 14.4. The fraction of sp³-hybridized carbons (Fsp3) is 0.941. The van der Waals surface area contributed by atoms with Crippen LogP contribution in [-0.2, 0) is 9.47 Å². The molecule has 0 aliphatic rings. The lowest BCUT2D eigenvalue weighted by atomic mass is 10.1. The number of thiocarbonyl (C=S) groups is 1. The quantitative estimate of drug-likeness (QED) is 0.223. The molecule has 0 fully saturated rings. The summed E-state index contributed by atoms with van der Waals surface area (Å²) in [4.78, 5) is 0. The molecule has 0 rings (SSSR count). The SMILES string of the molecule is CCCCCCCCCCC(C)OC(=S)SC(C)OCC.